The molecule has 3 N–H and O–H groups in total. The van der Waals surface area contributed by atoms with Gasteiger partial charge >= 0.3 is 0 Å². The van der Waals surface area contributed by atoms with Crippen molar-refractivity contribution in [1.82, 2.24) is 4.98 Å². The molecule has 5 heteroatoms. The summed E-state index contributed by atoms with van der Waals surface area (Å²) in [5.74, 6) is 0.818. The molecule has 108 valence electrons. The number of nitrogen functional groups attached to an aromatic ring is 1. The van der Waals surface area contributed by atoms with Crippen LogP contribution in [0.3, 0.4) is 0 Å². The number of hydrogen-bond donors (Lipinski definition) is 2. The molecule has 0 atom stereocenters. The van der Waals surface area contributed by atoms with Crippen LogP contribution in [0.15, 0.2) is 23.6 Å². The SMILES string of the molecule is CCCOc1cc(N)cc(NCCc2csc(C)n2)c1. The number of nitrogens with zero attached hydrogens (tertiary/aromatic N) is 1. The maximum atomic E-state index is 5.89. The van der Waals surface area contributed by atoms with Crippen molar-refractivity contribution in [3.05, 3.63) is 34.3 Å². The molecule has 0 aliphatic heterocycles. The van der Waals surface area contributed by atoms with Gasteiger partial charge in [0.2, 0.25) is 0 Å². The minimum Gasteiger partial charge on any atom is -0.493 e. The van der Waals surface area contributed by atoms with Crippen LogP contribution in [0, 0.1) is 6.92 Å². The zero-order chi connectivity index (χ0) is 14.4. The van der Waals surface area contributed by atoms with Crippen molar-refractivity contribution in [3.8, 4) is 5.75 Å². The van der Waals surface area contributed by atoms with E-state index in [2.05, 4.69) is 22.6 Å². The smallest absolute Gasteiger partial charge is 0.123 e. The molecular formula is C15H21N3OS. The van der Waals surface area contributed by atoms with Gasteiger partial charge in [-0.1, -0.05) is 6.92 Å². The van der Waals surface area contributed by atoms with Crippen LogP contribution >= 0.6 is 11.3 Å². The Morgan fingerprint density at radius 1 is 1.35 bits per heavy atom. The Balaban J connectivity index is 1.89. The lowest BCUT2D eigenvalue weighted by Crippen LogP contribution is -2.06. The Morgan fingerprint density at radius 2 is 2.20 bits per heavy atom. The van der Waals surface area contributed by atoms with Crippen molar-refractivity contribution < 1.29 is 4.74 Å². The molecule has 0 bridgehead atoms. The first-order valence-electron chi connectivity index (χ1n) is 6.85. The summed E-state index contributed by atoms with van der Waals surface area (Å²) in [6.45, 7) is 5.65. The molecule has 1 aromatic heterocycles. The second kappa shape index (κ2) is 7.14. The van der Waals surface area contributed by atoms with Gasteiger partial charge in [-0.05, 0) is 19.4 Å². The summed E-state index contributed by atoms with van der Waals surface area (Å²) < 4.78 is 5.61. The summed E-state index contributed by atoms with van der Waals surface area (Å²) in [7, 11) is 0. The molecule has 4 nitrogen and oxygen atoms in total. The summed E-state index contributed by atoms with van der Waals surface area (Å²) in [5.41, 5.74) is 8.72. The first-order valence-corrected chi connectivity index (χ1v) is 7.73. The van der Waals surface area contributed by atoms with Crippen LogP contribution in [0.2, 0.25) is 0 Å². The Kier molecular flexibility index (Phi) is 5.24. The van der Waals surface area contributed by atoms with Crippen molar-refractivity contribution in [2.24, 2.45) is 0 Å². The van der Waals surface area contributed by atoms with Gasteiger partial charge in [-0.2, -0.15) is 0 Å². The van der Waals surface area contributed by atoms with Crippen LogP contribution in [-0.4, -0.2) is 18.1 Å². The highest BCUT2D eigenvalue weighted by atomic mass is 32.1. The van der Waals surface area contributed by atoms with Crippen LogP contribution in [0.4, 0.5) is 11.4 Å². The van der Waals surface area contributed by atoms with Gasteiger partial charge in [-0.25, -0.2) is 4.98 Å². The zero-order valence-electron chi connectivity index (χ0n) is 12.0. The van der Waals surface area contributed by atoms with Crippen LogP contribution in [0.25, 0.3) is 0 Å². The molecule has 0 saturated heterocycles. The molecule has 20 heavy (non-hydrogen) atoms. The fourth-order valence-corrected chi connectivity index (χ4v) is 2.53. The van der Waals surface area contributed by atoms with Crippen LogP contribution in [0.5, 0.6) is 5.75 Å². The van der Waals surface area contributed by atoms with Gasteiger partial charge in [0.15, 0.2) is 0 Å². The van der Waals surface area contributed by atoms with Crippen molar-refractivity contribution in [2.75, 3.05) is 24.2 Å². The van der Waals surface area contributed by atoms with Gasteiger partial charge in [0, 0.05) is 41.9 Å². The van der Waals surface area contributed by atoms with E-state index in [1.54, 1.807) is 11.3 Å². The maximum Gasteiger partial charge on any atom is 0.123 e. The number of benzene rings is 1. The van der Waals surface area contributed by atoms with E-state index in [9.17, 15) is 0 Å². The Hall–Kier alpha value is -1.75. The molecule has 0 aliphatic rings. The van der Waals surface area contributed by atoms with Gasteiger partial charge in [0.1, 0.15) is 5.75 Å². The molecule has 2 aromatic rings. The lowest BCUT2D eigenvalue weighted by Gasteiger charge is -2.10. The Bertz CT molecular complexity index is 554. The lowest BCUT2D eigenvalue weighted by molar-refractivity contribution is 0.318. The number of thiazole rings is 1. The van der Waals surface area contributed by atoms with E-state index in [1.165, 1.54) is 0 Å². The maximum absolute atomic E-state index is 5.89. The zero-order valence-corrected chi connectivity index (χ0v) is 12.8. The Morgan fingerprint density at radius 3 is 2.90 bits per heavy atom. The van der Waals surface area contributed by atoms with Gasteiger partial charge in [-0.3, -0.25) is 0 Å². The van der Waals surface area contributed by atoms with E-state index in [0.717, 1.165) is 41.5 Å². The average molecular weight is 291 g/mol. The van der Waals surface area contributed by atoms with Crippen LogP contribution in [-0.2, 0) is 6.42 Å². The summed E-state index contributed by atoms with van der Waals surface area (Å²) in [6.07, 6.45) is 1.89. The quantitative estimate of drug-likeness (QED) is 0.767. The van der Waals surface area contributed by atoms with E-state index in [4.69, 9.17) is 10.5 Å². The van der Waals surface area contributed by atoms with E-state index in [0.29, 0.717) is 12.3 Å². The topological polar surface area (TPSA) is 60.2 Å². The monoisotopic (exact) mass is 291 g/mol. The number of nitrogens with two attached hydrogens (primary N) is 1. The number of rotatable bonds is 7. The predicted molar refractivity (Wildman–Crippen MR) is 85.7 cm³/mol. The third-order valence-corrected chi connectivity index (χ3v) is 3.60. The molecule has 0 spiro atoms. The lowest BCUT2D eigenvalue weighted by atomic mass is 10.2. The molecule has 0 radical (unpaired) electrons. The summed E-state index contributed by atoms with van der Waals surface area (Å²) >= 11 is 1.69. The van der Waals surface area contributed by atoms with E-state index in [-0.39, 0.29) is 0 Å². The van der Waals surface area contributed by atoms with Crippen molar-refractivity contribution in [1.29, 1.82) is 0 Å². The number of aryl methyl sites for hydroxylation is 1. The van der Waals surface area contributed by atoms with E-state index < -0.39 is 0 Å². The highest BCUT2D eigenvalue weighted by Gasteiger charge is 2.01. The Labute approximate surface area is 124 Å². The van der Waals surface area contributed by atoms with Crippen LogP contribution in [0.1, 0.15) is 24.0 Å². The van der Waals surface area contributed by atoms with Crippen LogP contribution < -0.4 is 15.8 Å². The predicted octanol–water partition coefficient (Wildman–Crippen LogP) is 3.48. The number of aromatic nitrogens is 1. The summed E-state index contributed by atoms with van der Waals surface area (Å²) in [4.78, 5) is 4.45. The fourth-order valence-electron chi connectivity index (χ4n) is 1.89. The third kappa shape index (κ3) is 4.42. The molecule has 1 aromatic carbocycles. The molecule has 0 unspecified atom stereocenters. The molecular weight excluding hydrogens is 270 g/mol. The van der Waals surface area contributed by atoms with Crippen molar-refractivity contribution >= 4 is 22.7 Å². The van der Waals surface area contributed by atoms with Crippen molar-refractivity contribution in [2.45, 2.75) is 26.7 Å². The number of nitrogens with one attached hydrogen (secondary N) is 1. The summed E-state index contributed by atoms with van der Waals surface area (Å²) in [6, 6.07) is 5.76. The van der Waals surface area contributed by atoms with E-state index in [1.807, 2.05) is 25.1 Å². The average Bonchev–Trinajstić information content (AvgIpc) is 2.81. The minimum absolute atomic E-state index is 0.709. The molecule has 2 rings (SSSR count). The molecule has 0 fully saturated rings. The largest absolute Gasteiger partial charge is 0.493 e. The molecule has 1 heterocycles. The highest BCUT2D eigenvalue weighted by Crippen LogP contribution is 2.22. The normalized spacial score (nSPS) is 10.5. The molecule has 0 amide bonds. The van der Waals surface area contributed by atoms with E-state index >= 15 is 0 Å². The number of ether oxygens (including phenoxy) is 1. The third-order valence-electron chi connectivity index (χ3n) is 2.78. The van der Waals surface area contributed by atoms with Gasteiger partial charge in [0.25, 0.3) is 0 Å². The molecule has 0 aliphatic carbocycles. The standard InChI is InChI=1S/C15H21N3OS/c1-3-6-19-15-8-12(16)7-14(9-15)17-5-4-13-10-20-11(2)18-13/h7-10,17H,3-6,16H2,1-2H3. The van der Waals surface area contributed by atoms with Gasteiger partial charge in [-0.15, -0.1) is 11.3 Å². The highest BCUT2D eigenvalue weighted by molar-refractivity contribution is 7.09. The summed E-state index contributed by atoms with van der Waals surface area (Å²) in [5, 5.41) is 6.58. The first kappa shape index (κ1) is 14.7. The second-order valence-electron chi connectivity index (χ2n) is 4.67. The van der Waals surface area contributed by atoms with Crippen molar-refractivity contribution in [3.63, 3.8) is 0 Å². The van der Waals surface area contributed by atoms with Gasteiger partial charge in [0.05, 0.1) is 17.3 Å². The fraction of sp³-hybridized carbons (Fsp3) is 0.400. The molecule has 0 saturated carbocycles. The second-order valence-corrected chi connectivity index (χ2v) is 5.74. The minimum atomic E-state index is 0.709. The number of anilines is 2. The van der Waals surface area contributed by atoms with Gasteiger partial charge < -0.3 is 15.8 Å². The first-order chi connectivity index (χ1) is 9.67. The number of hydrogen-bond acceptors (Lipinski definition) is 5.